The van der Waals surface area contributed by atoms with Crippen molar-refractivity contribution in [3.05, 3.63) is 21.6 Å². The van der Waals surface area contributed by atoms with Crippen LogP contribution in [0, 0.1) is 0 Å². The molecule has 6 nitrogen and oxygen atoms in total. The summed E-state index contributed by atoms with van der Waals surface area (Å²) >= 11 is 6.05. The molecular weight excluding hydrogens is 256 g/mol. The molecule has 18 heavy (non-hydrogen) atoms. The van der Waals surface area contributed by atoms with Crippen LogP contribution >= 0.6 is 11.6 Å². The third-order valence-corrected chi connectivity index (χ3v) is 3.45. The summed E-state index contributed by atoms with van der Waals surface area (Å²) in [7, 11) is 1.67. The minimum Gasteiger partial charge on any atom is -0.378 e. The van der Waals surface area contributed by atoms with Crippen LogP contribution in [0.3, 0.4) is 0 Å². The molecule has 1 aromatic rings. The Hall–Kier alpha value is -1.11. The van der Waals surface area contributed by atoms with Crippen molar-refractivity contribution in [3.8, 4) is 0 Å². The van der Waals surface area contributed by atoms with E-state index in [0.29, 0.717) is 12.2 Å². The Kier molecular flexibility index (Phi) is 4.21. The summed E-state index contributed by atoms with van der Waals surface area (Å²) in [6.45, 7) is 3.90. The second-order valence-corrected chi connectivity index (χ2v) is 4.55. The number of nitrogens with one attached hydrogen (secondary N) is 2. The van der Waals surface area contributed by atoms with Gasteiger partial charge in [-0.3, -0.25) is 4.79 Å². The van der Waals surface area contributed by atoms with Crippen LogP contribution in [-0.2, 0) is 11.3 Å². The number of hydrogen-bond acceptors (Lipinski definition) is 5. The van der Waals surface area contributed by atoms with Gasteiger partial charge in [0.25, 0.3) is 5.56 Å². The van der Waals surface area contributed by atoms with Crippen molar-refractivity contribution < 1.29 is 4.74 Å². The highest BCUT2D eigenvalue weighted by Gasteiger charge is 2.27. The van der Waals surface area contributed by atoms with Gasteiger partial charge in [0, 0.05) is 26.7 Å². The first-order chi connectivity index (χ1) is 8.67. The fraction of sp³-hybridized carbons (Fsp3) is 0.636. The Bertz CT molecular complexity index is 477. The monoisotopic (exact) mass is 272 g/mol. The first-order valence-electron chi connectivity index (χ1n) is 5.93. The Balaban J connectivity index is 2.19. The quantitative estimate of drug-likeness (QED) is 0.826. The van der Waals surface area contributed by atoms with Crippen LogP contribution in [0.5, 0.6) is 0 Å². The summed E-state index contributed by atoms with van der Waals surface area (Å²) < 4.78 is 6.67. The first kappa shape index (κ1) is 13.3. The predicted molar refractivity (Wildman–Crippen MR) is 70.3 cm³/mol. The van der Waals surface area contributed by atoms with Crippen molar-refractivity contribution in [1.82, 2.24) is 15.1 Å². The number of aryl methyl sites for hydroxylation is 1. The normalized spacial score (nSPS) is 23.3. The summed E-state index contributed by atoms with van der Waals surface area (Å²) in [6.07, 6.45) is 1.65. The van der Waals surface area contributed by atoms with Crippen molar-refractivity contribution in [2.24, 2.45) is 0 Å². The number of anilines is 1. The van der Waals surface area contributed by atoms with E-state index in [-0.39, 0.29) is 22.7 Å². The van der Waals surface area contributed by atoms with E-state index in [1.54, 1.807) is 13.3 Å². The molecule has 1 fully saturated rings. The molecule has 0 aliphatic carbocycles. The summed E-state index contributed by atoms with van der Waals surface area (Å²) in [5, 5.41) is 10.6. The zero-order valence-corrected chi connectivity index (χ0v) is 11.2. The zero-order chi connectivity index (χ0) is 13.1. The topological polar surface area (TPSA) is 68.2 Å². The van der Waals surface area contributed by atoms with Gasteiger partial charge in [-0.05, 0) is 6.92 Å². The molecule has 1 unspecified atom stereocenters. The van der Waals surface area contributed by atoms with Gasteiger partial charge < -0.3 is 15.4 Å². The SMILES string of the molecule is CCn1ncc(NC2CNC[C@@H]2OC)c(Cl)c1=O. The standard InChI is InChI=1S/C11H17ClN4O2/c1-3-16-11(17)10(12)8(5-14-16)15-7-4-13-6-9(7)18-2/h5,7,9,13,15H,3-4,6H2,1-2H3/t7?,9-/m0/s1. The van der Waals surface area contributed by atoms with Gasteiger partial charge in [-0.15, -0.1) is 0 Å². The van der Waals surface area contributed by atoms with E-state index in [1.807, 2.05) is 6.92 Å². The maximum Gasteiger partial charge on any atom is 0.287 e. The minimum atomic E-state index is -0.274. The Morgan fingerprint density at radius 2 is 2.44 bits per heavy atom. The molecule has 2 atom stereocenters. The molecule has 0 aromatic carbocycles. The third-order valence-electron chi connectivity index (χ3n) is 3.09. The van der Waals surface area contributed by atoms with E-state index >= 15 is 0 Å². The number of rotatable bonds is 4. The smallest absolute Gasteiger partial charge is 0.287 e. The number of hydrogen-bond donors (Lipinski definition) is 2. The van der Waals surface area contributed by atoms with Gasteiger partial charge >= 0.3 is 0 Å². The lowest BCUT2D eigenvalue weighted by atomic mass is 10.2. The number of methoxy groups -OCH3 is 1. The van der Waals surface area contributed by atoms with Crippen molar-refractivity contribution in [2.75, 3.05) is 25.5 Å². The average molecular weight is 273 g/mol. The van der Waals surface area contributed by atoms with Gasteiger partial charge in [0.05, 0.1) is 24.0 Å². The van der Waals surface area contributed by atoms with E-state index in [1.165, 1.54) is 4.68 Å². The van der Waals surface area contributed by atoms with Crippen molar-refractivity contribution in [3.63, 3.8) is 0 Å². The fourth-order valence-corrected chi connectivity index (χ4v) is 2.24. The molecule has 0 amide bonds. The summed E-state index contributed by atoms with van der Waals surface area (Å²) in [5.74, 6) is 0. The van der Waals surface area contributed by atoms with Crippen LogP contribution < -0.4 is 16.2 Å². The zero-order valence-electron chi connectivity index (χ0n) is 10.4. The molecule has 1 saturated heterocycles. The number of aromatic nitrogens is 2. The second-order valence-electron chi connectivity index (χ2n) is 4.18. The Morgan fingerprint density at radius 3 is 3.11 bits per heavy atom. The molecule has 2 N–H and O–H groups in total. The number of halogens is 1. The summed E-state index contributed by atoms with van der Waals surface area (Å²) in [6, 6.07) is 0.0891. The predicted octanol–water partition coefficient (Wildman–Crippen LogP) is 0.315. The maximum absolute atomic E-state index is 11.8. The molecule has 0 bridgehead atoms. The maximum atomic E-state index is 11.8. The summed E-state index contributed by atoms with van der Waals surface area (Å²) in [4.78, 5) is 11.8. The van der Waals surface area contributed by atoms with E-state index in [9.17, 15) is 4.79 Å². The lowest BCUT2D eigenvalue weighted by Gasteiger charge is -2.20. The van der Waals surface area contributed by atoms with Gasteiger partial charge in [0.1, 0.15) is 5.02 Å². The highest BCUT2D eigenvalue weighted by molar-refractivity contribution is 6.32. The largest absolute Gasteiger partial charge is 0.378 e. The van der Waals surface area contributed by atoms with Crippen LogP contribution in [0.2, 0.25) is 5.02 Å². The van der Waals surface area contributed by atoms with Crippen LogP contribution in [0.1, 0.15) is 6.92 Å². The molecule has 1 aromatic heterocycles. The fourth-order valence-electron chi connectivity index (χ4n) is 2.04. The Morgan fingerprint density at radius 1 is 1.67 bits per heavy atom. The molecule has 1 aliphatic rings. The van der Waals surface area contributed by atoms with Crippen LogP contribution in [0.4, 0.5) is 5.69 Å². The third kappa shape index (κ3) is 2.50. The van der Waals surface area contributed by atoms with Gasteiger partial charge in [-0.2, -0.15) is 5.10 Å². The molecular formula is C11H17ClN4O2. The average Bonchev–Trinajstić information content (AvgIpc) is 2.82. The molecule has 2 rings (SSSR count). The van der Waals surface area contributed by atoms with E-state index in [4.69, 9.17) is 16.3 Å². The minimum absolute atomic E-state index is 0.0645. The molecule has 2 heterocycles. The molecule has 0 saturated carbocycles. The van der Waals surface area contributed by atoms with Crippen LogP contribution in [0.15, 0.2) is 11.0 Å². The molecule has 0 spiro atoms. The van der Waals surface area contributed by atoms with Gasteiger partial charge in [0.2, 0.25) is 0 Å². The molecule has 0 radical (unpaired) electrons. The van der Waals surface area contributed by atoms with Crippen LogP contribution in [0.25, 0.3) is 0 Å². The van der Waals surface area contributed by atoms with Crippen molar-refractivity contribution in [2.45, 2.75) is 25.6 Å². The lowest BCUT2D eigenvalue weighted by Crippen LogP contribution is -2.34. The van der Waals surface area contributed by atoms with Gasteiger partial charge in [-0.25, -0.2) is 4.68 Å². The van der Waals surface area contributed by atoms with E-state index < -0.39 is 0 Å². The first-order valence-corrected chi connectivity index (χ1v) is 6.30. The Labute approximate surface area is 110 Å². The van der Waals surface area contributed by atoms with E-state index in [2.05, 4.69) is 15.7 Å². The lowest BCUT2D eigenvalue weighted by molar-refractivity contribution is 0.111. The highest BCUT2D eigenvalue weighted by atomic mass is 35.5. The number of ether oxygens (including phenoxy) is 1. The highest BCUT2D eigenvalue weighted by Crippen LogP contribution is 2.18. The summed E-state index contributed by atoms with van der Waals surface area (Å²) in [5.41, 5.74) is 0.284. The van der Waals surface area contributed by atoms with Crippen molar-refractivity contribution in [1.29, 1.82) is 0 Å². The van der Waals surface area contributed by atoms with E-state index in [0.717, 1.165) is 13.1 Å². The van der Waals surface area contributed by atoms with Crippen molar-refractivity contribution >= 4 is 17.3 Å². The van der Waals surface area contributed by atoms with Gasteiger partial charge in [-0.1, -0.05) is 11.6 Å². The molecule has 1 aliphatic heterocycles. The second kappa shape index (κ2) is 5.69. The molecule has 100 valence electrons. The molecule has 7 heteroatoms. The van der Waals surface area contributed by atoms with Gasteiger partial charge in [0.15, 0.2) is 0 Å². The van der Waals surface area contributed by atoms with Crippen LogP contribution in [-0.4, -0.2) is 42.1 Å². The number of nitrogens with zero attached hydrogens (tertiary/aromatic N) is 2.